The number of fused-ring (bicyclic) bond motifs is 3. The third-order valence-electron chi connectivity index (χ3n) is 6.58. The van der Waals surface area contributed by atoms with E-state index in [1.807, 2.05) is 25.1 Å². The summed E-state index contributed by atoms with van der Waals surface area (Å²) in [6, 6.07) is 15.8. The van der Waals surface area contributed by atoms with E-state index in [1.165, 1.54) is 9.80 Å². The zero-order valence-electron chi connectivity index (χ0n) is 19.2. The Morgan fingerprint density at radius 1 is 1.09 bits per heavy atom. The van der Waals surface area contributed by atoms with Gasteiger partial charge < -0.3 is 24.2 Å². The normalized spacial score (nSPS) is 19.9. The van der Waals surface area contributed by atoms with Crippen LogP contribution in [0, 0.1) is 0 Å². The number of amides is 2. The van der Waals surface area contributed by atoms with Crippen molar-refractivity contribution in [3.8, 4) is 0 Å². The van der Waals surface area contributed by atoms with Crippen molar-refractivity contribution in [3.63, 3.8) is 0 Å². The van der Waals surface area contributed by atoms with Crippen molar-refractivity contribution in [1.29, 1.82) is 0 Å². The average Bonchev–Trinajstić information content (AvgIpc) is 3.42. The molecular formula is C26H25N3O5. The van der Waals surface area contributed by atoms with E-state index >= 15 is 0 Å². The number of ketones is 1. The van der Waals surface area contributed by atoms with Gasteiger partial charge in [0.1, 0.15) is 5.58 Å². The van der Waals surface area contributed by atoms with Crippen molar-refractivity contribution < 1.29 is 23.9 Å². The number of aliphatic hydroxyl groups is 1. The molecule has 0 radical (unpaired) electrons. The zero-order chi connectivity index (χ0) is 24.2. The minimum absolute atomic E-state index is 0.0371. The number of carbonyl (C=O) groups excluding carboxylic acids is 3. The van der Waals surface area contributed by atoms with Gasteiger partial charge >= 0.3 is 0 Å². The van der Waals surface area contributed by atoms with E-state index in [2.05, 4.69) is 0 Å². The van der Waals surface area contributed by atoms with Crippen molar-refractivity contribution in [2.45, 2.75) is 12.0 Å². The molecular weight excluding hydrogens is 434 g/mol. The molecule has 0 saturated heterocycles. The highest BCUT2D eigenvalue weighted by Gasteiger charge is 2.65. The van der Waals surface area contributed by atoms with E-state index in [4.69, 9.17) is 4.42 Å². The molecule has 2 amide bonds. The standard InChI is InChI=1S/C26H25N3O5/c1-27(2)13-8-14-29-24(32)23(31)21(22(30)20-15-16-9-4-7-12-19(16)34-20)26(29)17-10-5-6-11-18(17)28(3)25(26)33/h4-7,9-12,15,31H,8,13-14H2,1-3H3/t26-/m0/s1. The molecule has 2 aromatic carbocycles. The molecule has 1 spiro atoms. The fraction of sp³-hybridized carbons (Fsp3) is 0.269. The number of aliphatic hydroxyl groups excluding tert-OH is 1. The first-order valence-electron chi connectivity index (χ1n) is 11.1. The first-order valence-corrected chi connectivity index (χ1v) is 11.1. The van der Waals surface area contributed by atoms with Crippen LogP contribution in [-0.4, -0.2) is 66.7 Å². The second kappa shape index (κ2) is 7.85. The third kappa shape index (κ3) is 2.92. The summed E-state index contributed by atoms with van der Waals surface area (Å²) < 4.78 is 5.77. The minimum Gasteiger partial charge on any atom is -0.503 e. The van der Waals surface area contributed by atoms with Crippen molar-refractivity contribution in [2.24, 2.45) is 0 Å². The summed E-state index contributed by atoms with van der Waals surface area (Å²) in [6.45, 7) is 0.852. The molecule has 0 aliphatic carbocycles. The van der Waals surface area contributed by atoms with E-state index in [0.29, 0.717) is 35.2 Å². The molecule has 3 aromatic rings. The minimum atomic E-state index is -1.76. The van der Waals surface area contributed by atoms with Gasteiger partial charge in [0, 0.05) is 30.2 Å². The molecule has 2 aliphatic rings. The Balaban J connectivity index is 1.70. The van der Waals surface area contributed by atoms with Crippen LogP contribution < -0.4 is 4.90 Å². The second-order valence-electron chi connectivity index (χ2n) is 8.91. The Morgan fingerprint density at radius 2 is 1.79 bits per heavy atom. The maximum Gasteiger partial charge on any atom is 0.290 e. The Labute approximate surface area is 196 Å². The molecule has 8 nitrogen and oxygen atoms in total. The highest BCUT2D eigenvalue weighted by Crippen LogP contribution is 2.53. The van der Waals surface area contributed by atoms with E-state index in [9.17, 15) is 19.5 Å². The van der Waals surface area contributed by atoms with Gasteiger partial charge in [-0.1, -0.05) is 36.4 Å². The summed E-state index contributed by atoms with van der Waals surface area (Å²) in [7, 11) is 5.44. The lowest BCUT2D eigenvalue weighted by molar-refractivity contribution is -0.139. The summed E-state index contributed by atoms with van der Waals surface area (Å²) in [4.78, 5) is 45.9. The number of furan rings is 1. The molecule has 8 heteroatoms. The highest BCUT2D eigenvalue weighted by atomic mass is 16.3. The predicted molar refractivity (Wildman–Crippen MR) is 127 cm³/mol. The van der Waals surface area contributed by atoms with Gasteiger partial charge in [0.25, 0.3) is 11.8 Å². The van der Waals surface area contributed by atoms with Gasteiger partial charge in [0.05, 0.1) is 5.57 Å². The molecule has 5 rings (SSSR count). The van der Waals surface area contributed by atoms with Gasteiger partial charge in [-0.3, -0.25) is 14.4 Å². The summed E-state index contributed by atoms with van der Waals surface area (Å²) in [5.74, 6) is -2.64. The van der Waals surface area contributed by atoms with Gasteiger partial charge in [-0.15, -0.1) is 0 Å². The number of rotatable bonds is 6. The number of Topliss-reactive ketones (excluding diaryl/α,β-unsaturated/α-hetero) is 1. The van der Waals surface area contributed by atoms with Crippen LogP contribution in [0.25, 0.3) is 11.0 Å². The third-order valence-corrected chi connectivity index (χ3v) is 6.58. The lowest BCUT2D eigenvalue weighted by atomic mass is 9.81. The SMILES string of the molecule is CN(C)CCCN1C(=O)C(O)=C(C(=O)c2cc3ccccc3o2)[C@@]12C(=O)N(C)c1ccccc12. The number of nitrogens with zero attached hydrogens (tertiary/aromatic N) is 3. The number of anilines is 1. The van der Waals surface area contributed by atoms with Crippen molar-refractivity contribution in [3.05, 3.63) is 77.3 Å². The average molecular weight is 460 g/mol. The van der Waals surface area contributed by atoms with Gasteiger partial charge in [0.2, 0.25) is 5.78 Å². The first-order chi connectivity index (χ1) is 16.3. The summed E-state index contributed by atoms with van der Waals surface area (Å²) >= 11 is 0. The number of carbonyl (C=O) groups is 3. The summed E-state index contributed by atoms with van der Waals surface area (Å²) in [5, 5.41) is 11.8. The van der Waals surface area contributed by atoms with Crippen LogP contribution in [0.2, 0.25) is 0 Å². The van der Waals surface area contributed by atoms with Crippen LogP contribution in [0.3, 0.4) is 0 Å². The Kier molecular flexibility index (Phi) is 5.06. The van der Waals surface area contributed by atoms with Gasteiger partial charge in [-0.2, -0.15) is 0 Å². The molecule has 0 saturated carbocycles. The Bertz CT molecular complexity index is 1340. The van der Waals surface area contributed by atoms with Crippen LogP contribution in [0.4, 0.5) is 5.69 Å². The maximum atomic E-state index is 13.9. The second-order valence-corrected chi connectivity index (χ2v) is 8.91. The lowest BCUT2D eigenvalue weighted by Gasteiger charge is -2.35. The number of benzene rings is 2. The van der Waals surface area contributed by atoms with Crippen LogP contribution in [-0.2, 0) is 15.1 Å². The first kappa shape index (κ1) is 21.9. The molecule has 3 heterocycles. The number of para-hydroxylation sites is 2. The molecule has 174 valence electrons. The molecule has 0 unspecified atom stereocenters. The van der Waals surface area contributed by atoms with Gasteiger partial charge in [-0.05, 0) is 45.3 Å². The topological polar surface area (TPSA) is 94.3 Å². The predicted octanol–water partition coefficient (Wildman–Crippen LogP) is 3.09. The van der Waals surface area contributed by atoms with E-state index in [-0.39, 0.29) is 17.9 Å². The molecule has 2 aliphatic heterocycles. The maximum absolute atomic E-state index is 13.9. The largest absolute Gasteiger partial charge is 0.503 e. The number of likely N-dealkylation sites (N-methyl/N-ethyl adjacent to an activating group) is 1. The molecule has 1 aromatic heterocycles. The fourth-order valence-corrected chi connectivity index (χ4v) is 5.04. The molecule has 0 bridgehead atoms. The van der Waals surface area contributed by atoms with E-state index < -0.39 is 28.9 Å². The van der Waals surface area contributed by atoms with Crippen LogP contribution in [0.5, 0.6) is 0 Å². The smallest absolute Gasteiger partial charge is 0.290 e. The van der Waals surface area contributed by atoms with Crippen LogP contribution in [0.1, 0.15) is 22.5 Å². The monoisotopic (exact) mass is 459 g/mol. The van der Waals surface area contributed by atoms with Crippen molar-refractivity contribution >= 4 is 34.3 Å². The fourth-order valence-electron chi connectivity index (χ4n) is 5.04. The van der Waals surface area contributed by atoms with Gasteiger partial charge in [0.15, 0.2) is 17.1 Å². The van der Waals surface area contributed by atoms with Crippen LogP contribution >= 0.6 is 0 Å². The van der Waals surface area contributed by atoms with Crippen molar-refractivity contribution in [1.82, 2.24) is 9.80 Å². The van der Waals surface area contributed by atoms with E-state index in [0.717, 1.165) is 0 Å². The van der Waals surface area contributed by atoms with E-state index in [1.54, 1.807) is 55.6 Å². The zero-order valence-corrected chi connectivity index (χ0v) is 19.2. The molecule has 1 N–H and O–H groups in total. The molecule has 0 fully saturated rings. The highest BCUT2D eigenvalue weighted by molar-refractivity contribution is 6.26. The lowest BCUT2D eigenvalue weighted by Crippen LogP contribution is -2.54. The van der Waals surface area contributed by atoms with Gasteiger partial charge in [-0.25, -0.2) is 0 Å². The van der Waals surface area contributed by atoms with Crippen molar-refractivity contribution in [2.75, 3.05) is 39.1 Å². The number of hydrogen-bond donors (Lipinski definition) is 1. The molecule has 1 atom stereocenters. The summed E-state index contributed by atoms with van der Waals surface area (Å²) in [6.07, 6.45) is 0.555. The summed E-state index contributed by atoms with van der Waals surface area (Å²) in [5.41, 5.74) is -0.438. The Morgan fingerprint density at radius 3 is 2.53 bits per heavy atom. The number of hydrogen-bond acceptors (Lipinski definition) is 6. The quantitative estimate of drug-likeness (QED) is 0.570. The van der Waals surface area contributed by atoms with Crippen LogP contribution in [0.15, 0.2) is 70.3 Å². The molecule has 34 heavy (non-hydrogen) atoms. The Hall–Kier alpha value is -3.91.